The van der Waals surface area contributed by atoms with Gasteiger partial charge in [-0.2, -0.15) is 0 Å². The highest BCUT2D eigenvalue weighted by atomic mass is 79.9. The van der Waals surface area contributed by atoms with Gasteiger partial charge in [0.2, 0.25) is 0 Å². The van der Waals surface area contributed by atoms with Gasteiger partial charge in [-0.05, 0) is 46.8 Å². The van der Waals surface area contributed by atoms with E-state index in [0.29, 0.717) is 0 Å². The molecule has 1 unspecified atom stereocenters. The van der Waals surface area contributed by atoms with Gasteiger partial charge in [-0.3, -0.25) is 5.73 Å². The lowest BCUT2D eigenvalue weighted by atomic mass is 10.2. The number of rotatable bonds is 0. The molecule has 0 bridgehead atoms. The first-order chi connectivity index (χ1) is 4.10. The third kappa shape index (κ3) is 1.84. The molecule has 0 radical (unpaired) electrons. The van der Waals surface area contributed by atoms with Crippen molar-refractivity contribution in [1.29, 1.82) is 0 Å². The first-order valence-electron chi connectivity index (χ1n) is 2.72. The van der Waals surface area contributed by atoms with Crippen molar-refractivity contribution in [3.05, 3.63) is 23.9 Å². The smallest absolute Gasteiger partial charge is 0.163 e. The van der Waals surface area contributed by atoms with Gasteiger partial charge in [0.1, 0.15) is 0 Å². The van der Waals surface area contributed by atoms with Crippen molar-refractivity contribution in [2.24, 2.45) is 5.73 Å². The van der Waals surface area contributed by atoms with E-state index in [0.717, 1.165) is 5.57 Å². The molecule has 1 aliphatic heterocycles. The number of allylic oxidation sites excluding steroid dienone is 2. The number of nitrogens with two attached hydrogens (primary N) is 1. The van der Waals surface area contributed by atoms with Crippen LogP contribution < -0.4 is 11.1 Å². The fraction of sp³-hybridized carbons (Fsp3) is 0.333. The van der Waals surface area contributed by atoms with E-state index in [2.05, 4.69) is 21.2 Å². The van der Waals surface area contributed by atoms with Crippen LogP contribution in [0.5, 0.6) is 0 Å². The van der Waals surface area contributed by atoms with Gasteiger partial charge in [0.15, 0.2) is 4.57 Å². The number of dihydropyridines is 1. The molecule has 1 atom stereocenters. The SMILES string of the molecule is CC1=CC(N)(Br)NC=C1. The first-order valence-corrected chi connectivity index (χ1v) is 3.51. The van der Waals surface area contributed by atoms with Crippen molar-refractivity contribution >= 4 is 15.9 Å². The summed E-state index contributed by atoms with van der Waals surface area (Å²) >= 11 is 3.27. The largest absolute Gasteiger partial charge is 0.361 e. The van der Waals surface area contributed by atoms with Gasteiger partial charge in [-0.15, -0.1) is 0 Å². The summed E-state index contributed by atoms with van der Waals surface area (Å²) in [5.74, 6) is 0. The van der Waals surface area contributed by atoms with Crippen LogP contribution in [0.3, 0.4) is 0 Å². The third-order valence-corrected chi connectivity index (χ3v) is 1.55. The average Bonchev–Trinajstić information content (AvgIpc) is 1.60. The van der Waals surface area contributed by atoms with Gasteiger partial charge in [-0.25, -0.2) is 0 Å². The Morgan fingerprint density at radius 2 is 2.44 bits per heavy atom. The van der Waals surface area contributed by atoms with Crippen molar-refractivity contribution in [2.75, 3.05) is 0 Å². The van der Waals surface area contributed by atoms with Gasteiger partial charge in [0.05, 0.1) is 0 Å². The van der Waals surface area contributed by atoms with E-state index in [1.165, 1.54) is 0 Å². The van der Waals surface area contributed by atoms with E-state index in [4.69, 9.17) is 5.73 Å². The second kappa shape index (κ2) is 2.15. The van der Waals surface area contributed by atoms with Crippen LogP contribution in [0, 0.1) is 0 Å². The zero-order chi connectivity index (χ0) is 6.91. The molecule has 0 aromatic rings. The number of hydrogen-bond donors (Lipinski definition) is 2. The van der Waals surface area contributed by atoms with Crippen LogP contribution in [-0.2, 0) is 0 Å². The molecule has 0 saturated carbocycles. The second-order valence-corrected chi connectivity index (χ2v) is 3.45. The topological polar surface area (TPSA) is 38.0 Å². The van der Waals surface area contributed by atoms with Crippen LogP contribution in [0.15, 0.2) is 23.9 Å². The Hall–Kier alpha value is -0.280. The van der Waals surface area contributed by atoms with Gasteiger partial charge in [0.25, 0.3) is 0 Å². The van der Waals surface area contributed by atoms with Crippen LogP contribution in [0.4, 0.5) is 0 Å². The fourth-order valence-electron chi connectivity index (χ4n) is 0.722. The fourth-order valence-corrected chi connectivity index (χ4v) is 1.22. The van der Waals surface area contributed by atoms with Crippen LogP contribution in [0.25, 0.3) is 0 Å². The monoisotopic (exact) mass is 188 g/mol. The molecule has 0 aliphatic carbocycles. The Labute approximate surface area is 62.9 Å². The molecular formula is C6H9BrN2. The van der Waals surface area contributed by atoms with E-state index in [1.807, 2.05) is 25.3 Å². The minimum atomic E-state index is -0.536. The van der Waals surface area contributed by atoms with E-state index in [-0.39, 0.29) is 0 Å². The van der Waals surface area contributed by atoms with Crippen LogP contribution >= 0.6 is 15.9 Å². The number of halogens is 1. The summed E-state index contributed by atoms with van der Waals surface area (Å²) in [6, 6.07) is 0. The van der Waals surface area contributed by atoms with Crippen LogP contribution in [0.2, 0.25) is 0 Å². The van der Waals surface area contributed by atoms with Crippen molar-refractivity contribution in [3.63, 3.8) is 0 Å². The molecule has 3 heteroatoms. The average molecular weight is 189 g/mol. The molecule has 0 saturated heterocycles. The minimum absolute atomic E-state index is 0.536. The second-order valence-electron chi connectivity index (χ2n) is 2.13. The zero-order valence-electron chi connectivity index (χ0n) is 5.19. The van der Waals surface area contributed by atoms with Gasteiger partial charge in [-0.1, -0.05) is 0 Å². The third-order valence-electron chi connectivity index (χ3n) is 1.09. The first kappa shape index (κ1) is 6.83. The van der Waals surface area contributed by atoms with E-state index >= 15 is 0 Å². The van der Waals surface area contributed by atoms with Crippen molar-refractivity contribution in [3.8, 4) is 0 Å². The molecule has 0 aromatic carbocycles. The summed E-state index contributed by atoms with van der Waals surface area (Å²) in [6.07, 6.45) is 5.70. The van der Waals surface area contributed by atoms with Crippen molar-refractivity contribution < 1.29 is 0 Å². The highest BCUT2D eigenvalue weighted by Crippen LogP contribution is 2.15. The van der Waals surface area contributed by atoms with Crippen molar-refractivity contribution in [1.82, 2.24) is 5.32 Å². The maximum Gasteiger partial charge on any atom is 0.163 e. The van der Waals surface area contributed by atoms with E-state index in [9.17, 15) is 0 Å². The van der Waals surface area contributed by atoms with Crippen LogP contribution in [-0.4, -0.2) is 4.57 Å². The van der Waals surface area contributed by atoms with E-state index < -0.39 is 4.57 Å². The molecular weight excluding hydrogens is 180 g/mol. The highest BCUT2D eigenvalue weighted by Gasteiger charge is 2.16. The summed E-state index contributed by atoms with van der Waals surface area (Å²) in [5.41, 5.74) is 6.81. The van der Waals surface area contributed by atoms with E-state index in [1.54, 1.807) is 0 Å². The quantitative estimate of drug-likeness (QED) is 0.441. The van der Waals surface area contributed by atoms with Gasteiger partial charge < -0.3 is 5.32 Å². The van der Waals surface area contributed by atoms with Crippen molar-refractivity contribution in [2.45, 2.75) is 11.5 Å². The molecule has 0 fully saturated rings. The molecule has 50 valence electrons. The maximum atomic E-state index is 5.65. The lowest BCUT2D eigenvalue weighted by Crippen LogP contribution is -2.44. The molecule has 0 aromatic heterocycles. The molecule has 0 spiro atoms. The summed E-state index contributed by atoms with van der Waals surface area (Å²) in [5, 5.41) is 2.93. The molecule has 9 heavy (non-hydrogen) atoms. The Morgan fingerprint density at radius 1 is 1.78 bits per heavy atom. The highest BCUT2D eigenvalue weighted by molar-refractivity contribution is 9.10. The van der Waals surface area contributed by atoms with Gasteiger partial charge >= 0.3 is 0 Å². The standard InChI is InChI=1S/C6H9BrN2/c1-5-2-3-9-6(7,8)4-5/h2-4,9H,8H2,1H3. The predicted molar refractivity (Wildman–Crippen MR) is 41.9 cm³/mol. The summed E-state index contributed by atoms with van der Waals surface area (Å²) in [7, 11) is 0. The maximum absolute atomic E-state index is 5.65. The lowest BCUT2D eigenvalue weighted by molar-refractivity contribution is 0.675. The number of hydrogen-bond acceptors (Lipinski definition) is 2. The predicted octanol–water partition coefficient (Wildman–Crippen LogP) is 1.06. The van der Waals surface area contributed by atoms with Crippen LogP contribution in [0.1, 0.15) is 6.92 Å². The van der Waals surface area contributed by atoms with Gasteiger partial charge in [0, 0.05) is 0 Å². The lowest BCUT2D eigenvalue weighted by Gasteiger charge is -2.22. The molecule has 2 nitrogen and oxygen atoms in total. The molecule has 1 heterocycles. The normalized spacial score (nSPS) is 33.4. The molecule has 0 amide bonds. The minimum Gasteiger partial charge on any atom is -0.361 e. The Kier molecular flexibility index (Phi) is 1.64. The zero-order valence-corrected chi connectivity index (χ0v) is 6.77. The molecule has 1 rings (SSSR count). The number of nitrogens with one attached hydrogen (secondary N) is 1. The Bertz CT molecular complexity index is 170. The number of alkyl halides is 1. The Morgan fingerprint density at radius 3 is 2.78 bits per heavy atom. The Balaban J connectivity index is 2.78. The summed E-state index contributed by atoms with van der Waals surface area (Å²) < 4.78 is -0.536. The molecule has 1 aliphatic rings. The summed E-state index contributed by atoms with van der Waals surface area (Å²) in [4.78, 5) is 0. The summed E-state index contributed by atoms with van der Waals surface area (Å²) in [6.45, 7) is 2.00. The molecule has 3 N–H and O–H groups in total.